The maximum Gasteiger partial charge on any atom is 0.163 e. The van der Waals surface area contributed by atoms with Gasteiger partial charge in [-0.1, -0.05) is 12.0 Å². The highest BCUT2D eigenvalue weighted by molar-refractivity contribution is 5.93. The summed E-state index contributed by atoms with van der Waals surface area (Å²) in [7, 11) is 0. The van der Waals surface area contributed by atoms with E-state index in [1.54, 1.807) is 12.1 Å². The van der Waals surface area contributed by atoms with Gasteiger partial charge in [-0.2, -0.15) is 0 Å². The number of anilines is 2. The molecule has 3 N–H and O–H groups in total. The topological polar surface area (TPSA) is 96.7 Å². The second-order valence-electron chi connectivity index (χ2n) is 5.59. The van der Waals surface area contributed by atoms with Gasteiger partial charge in [0.2, 0.25) is 0 Å². The molecule has 7 nitrogen and oxygen atoms in total. The molecule has 0 aliphatic heterocycles. The molecule has 0 saturated carbocycles. The van der Waals surface area contributed by atoms with Gasteiger partial charge in [0.05, 0.1) is 25.3 Å². The molecule has 0 radical (unpaired) electrons. The van der Waals surface area contributed by atoms with Crippen LogP contribution in [0.4, 0.5) is 11.5 Å². The van der Waals surface area contributed by atoms with Crippen molar-refractivity contribution in [2.24, 2.45) is 0 Å². The van der Waals surface area contributed by atoms with Gasteiger partial charge in [0.1, 0.15) is 18.8 Å². The number of fused-ring (bicyclic) bond motifs is 1. The second-order valence-corrected chi connectivity index (χ2v) is 5.59. The number of aliphatic hydroxyl groups excluding tert-OH is 1. The van der Waals surface area contributed by atoms with Crippen molar-refractivity contribution >= 4 is 22.4 Å². The number of aromatic nitrogens is 2. The summed E-state index contributed by atoms with van der Waals surface area (Å²) in [6.45, 7) is 0.753. The van der Waals surface area contributed by atoms with Gasteiger partial charge < -0.3 is 25.0 Å². The molecule has 0 amide bonds. The Morgan fingerprint density at radius 3 is 2.81 bits per heavy atom. The Morgan fingerprint density at radius 2 is 2.00 bits per heavy atom. The first-order valence-electron chi connectivity index (χ1n) is 8.34. The minimum absolute atomic E-state index is 0.0279. The van der Waals surface area contributed by atoms with Gasteiger partial charge in [0, 0.05) is 22.7 Å². The zero-order chi connectivity index (χ0) is 19.1. The Bertz CT molecular complexity index is 969. The Labute approximate surface area is 156 Å². The van der Waals surface area contributed by atoms with Crippen LogP contribution in [0.25, 0.3) is 10.9 Å². The minimum Gasteiger partial charge on any atom is -0.504 e. The van der Waals surface area contributed by atoms with Gasteiger partial charge in [0.25, 0.3) is 0 Å². The molecule has 2 aromatic carbocycles. The molecule has 138 valence electrons. The number of aliphatic hydroxyl groups is 1. The molecule has 1 heterocycles. The van der Waals surface area contributed by atoms with Crippen molar-refractivity contribution in [3.63, 3.8) is 0 Å². The maximum absolute atomic E-state index is 10.3. The number of rotatable bonds is 8. The predicted molar refractivity (Wildman–Crippen MR) is 102 cm³/mol. The number of ether oxygens (including phenoxy) is 2. The zero-order valence-electron chi connectivity index (χ0n) is 14.6. The number of hydrogen-bond donors (Lipinski definition) is 3. The van der Waals surface area contributed by atoms with Gasteiger partial charge in [-0.15, -0.1) is 6.42 Å². The highest BCUT2D eigenvalue weighted by Crippen LogP contribution is 2.33. The quantitative estimate of drug-likeness (QED) is 0.417. The molecule has 27 heavy (non-hydrogen) atoms. The van der Waals surface area contributed by atoms with E-state index in [0.717, 1.165) is 11.3 Å². The molecule has 0 unspecified atom stereocenters. The highest BCUT2D eigenvalue weighted by atomic mass is 16.5. The summed E-state index contributed by atoms with van der Waals surface area (Å²) in [6, 6.07) is 10.6. The van der Waals surface area contributed by atoms with E-state index in [-0.39, 0.29) is 25.6 Å². The number of nitrogens with one attached hydrogen (secondary N) is 1. The number of phenols is 1. The fourth-order valence-electron chi connectivity index (χ4n) is 2.49. The molecule has 0 aliphatic carbocycles. The SMILES string of the molecule is C#Cc1cccc(Nc2ncnc3cc(OCCOCCO)c(O)cc23)c1. The van der Waals surface area contributed by atoms with Crippen LogP contribution in [0, 0.1) is 12.3 Å². The van der Waals surface area contributed by atoms with E-state index in [9.17, 15) is 5.11 Å². The van der Waals surface area contributed by atoms with Crippen LogP contribution in [0.1, 0.15) is 5.56 Å². The van der Waals surface area contributed by atoms with Crippen LogP contribution in [0.15, 0.2) is 42.7 Å². The van der Waals surface area contributed by atoms with Gasteiger partial charge in [-0.3, -0.25) is 0 Å². The number of hydrogen-bond acceptors (Lipinski definition) is 7. The van der Waals surface area contributed by atoms with Crippen LogP contribution in [0.3, 0.4) is 0 Å². The van der Waals surface area contributed by atoms with Crippen LogP contribution in [0.5, 0.6) is 11.5 Å². The van der Waals surface area contributed by atoms with E-state index in [4.69, 9.17) is 21.0 Å². The van der Waals surface area contributed by atoms with E-state index in [1.165, 1.54) is 6.33 Å². The second kappa shape index (κ2) is 8.85. The standard InChI is InChI=1S/C20H19N3O4/c1-2-14-4-3-5-15(10-14)23-20-16-11-18(25)19(12-17(16)21-13-22-20)27-9-8-26-7-6-24/h1,3-5,10-13,24-25H,6-9H2,(H,21,22,23). The molecule has 1 aromatic heterocycles. The lowest BCUT2D eigenvalue weighted by molar-refractivity contribution is 0.0699. The molecule has 0 atom stereocenters. The molecular weight excluding hydrogens is 346 g/mol. The van der Waals surface area contributed by atoms with Crippen molar-refractivity contribution in [1.82, 2.24) is 9.97 Å². The molecule has 0 saturated heterocycles. The van der Waals surface area contributed by atoms with Gasteiger partial charge >= 0.3 is 0 Å². The average molecular weight is 365 g/mol. The third-order valence-electron chi connectivity index (χ3n) is 3.73. The molecular formula is C20H19N3O4. The van der Waals surface area contributed by atoms with Crippen LogP contribution < -0.4 is 10.1 Å². The van der Waals surface area contributed by atoms with Crippen molar-refractivity contribution < 1.29 is 19.7 Å². The van der Waals surface area contributed by atoms with Crippen LogP contribution in [-0.2, 0) is 4.74 Å². The summed E-state index contributed by atoms with van der Waals surface area (Å²) in [4.78, 5) is 8.49. The summed E-state index contributed by atoms with van der Waals surface area (Å²) in [6.07, 6.45) is 6.87. The number of terminal acetylenes is 1. The van der Waals surface area contributed by atoms with Crippen molar-refractivity contribution in [2.45, 2.75) is 0 Å². The monoisotopic (exact) mass is 365 g/mol. The fourth-order valence-corrected chi connectivity index (χ4v) is 2.49. The Hall–Kier alpha value is -3.34. The van der Waals surface area contributed by atoms with E-state index >= 15 is 0 Å². The minimum atomic E-state index is -0.0435. The number of benzene rings is 2. The number of aromatic hydroxyl groups is 1. The van der Waals surface area contributed by atoms with Crippen molar-refractivity contribution in [3.8, 4) is 23.8 Å². The van der Waals surface area contributed by atoms with Crippen molar-refractivity contribution in [1.29, 1.82) is 0 Å². The Morgan fingerprint density at radius 1 is 1.11 bits per heavy atom. The summed E-state index contributed by atoms with van der Waals surface area (Å²) in [5.74, 6) is 3.40. The van der Waals surface area contributed by atoms with Gasteiger partial charge in [-0.05, 0) is 24.3 Å². The highest BCUT2D eigenvalue weighted by Gasteiger charge is 2.11. The summed E-state index contributed by atoms with van der Waals surface area (Å²) in [5, 5.41) is 22.8. The van der Waals surface area contributed by atoms with Crippen LogP contribution in [-0.4, -0.2) is 46.6 Å². The Kier molecular flexibility index (Phi) is 6.05. The van der Waals surface area contributed by atoms with E-state index in [0.29, 0.717) is 29.1 Å². The third kappa shape index (κ3) is 4.64. The largest absolute Gasteiger partial charge is 0.504 e. The Balaban J connectivity index is 1.81. The lowest BCUT2D eigenvalue weighted by Crippen LogP contribution is -2.09. The van der Waals surface area contributed by atoms with Crippen LogP contribution >= 0.6 is 0 Å². The average Bonchev–Trinajstić information content (AvgIpc) is 2.69. The molecule has 3 rings (SSSR count). The van der Waals surface area contributed by atoms with Gasteiger partial charge in [-0.25, -0.2) is 9.97 Å². The molecule has 0 fully saturated rings. The first-order valence-corrected chi connectivity index (χ1v) is 8.34. The molecule has 0 bridgehead atoms. The number of phenolic OH excluding ortho intramolecular Hbond substituents is 1. The summed E-state index contributed by atoms with van der Waals surface area (Å²) < 4.78 is 10.7. The smallest absolute Gasteiger partial charge is 0.163 e. The van der Waals surface area contributed by atoms with E-state index in [1.807, 2.05) is 24.3 Å². The predicted octanol–water partition coefficient (Wildman–Crippen LogP) is 2.45. The first kappa shape index (κ1) is 18.5. The van der Waals surface area contributed by atoms with Crippen molar-refractivity contribution in [2.75, 3.05) is 31.7 Å². The number of nitrogens with zero attached hydrogens (tertiary/aromatic N) is 2. The van der Waals surface area contributed by atoms with Crippen molar-refractivity contribution in [3.05, 3.63) is 48.3 Å². The lowest BCUT2D eigenvalue weighted by atomic mass is 10.2. The summed E-state index contributed by atoms with van der Waals surface area (Å²) in [5.41, 5.74) is 2.15. The van der Waals surface area contributed by atoms with E-state index < -0.39 is 0 Å². The fraction of sp³-hybridized carbons (Fsp3) is 0.200. The molecule has 0 aliphatic rings. The molecule has 0 spiro atoms. The van der Waals surface area contributed by atoms with E-state index in [2.05, 4.69) is 21.2 Å². The maximum atomic E-state index is 10.3. The summed E-state index contributed by atoms with van der Waals surface area (Å²) >= 11 is 0. The first-order chi connectivity index (χ1) is 13.2. The van der Waals surface area contributed by atoms with Crippen LogP contribution in [0.2, 0.25) is 0 Å². The molecule has 3 aromatic rings. The van der Waals surface area contributed by atoms with Gasteiger partial charge in [0.15, 0.2) is 11.5 Å². The zero-order valence-corrected chi connectivity index (χ0v) is 14.6. The normalized spacial score (nSPS) is 10.5. The molecule has 7 heteroatoms. The lowest BCUT2D eigenvalue weighted by Gasteiger charge is -2.12. The third-order valence-corrected chi connectivity index (χ3v) is 3.73.